The highest BCUT2D eigenvalue weighted by molar-refractivity contribution is 8.00. The molecule has 0 aliphatic rings. The fourth-order valence-corrected chi connectivity index (χ4v) is 2.71. The van der Waals surface area contributed by atoms with Crippen LogP contribution in [0, 0.1) is 11.6 Å². The molecule has 132 valence electrons. The number of thioether (sulfide) groups is 1. The van der Waals surface area contributed by atoms with Crippen LogP contribution in [0.2, 0.25) is 0 Å². The van der Waals surface area contributed by atoms with Gasteiger partial charge in [-0.2, -0.15) is 0 Å². The largest absolute Gasteiger partial charge is 0.354 e. The monoisotopic (exact) mass is 364 g/mol. The summed E-state index contributed by atoms with van der Waals surface area (Å²) in [5.41, 5.74) is 0.721. The lowest BCUT2D eigenvalue weighted by Gasteiger charge is -2.07. The van der Waals surface area contributed by atoms with Crippen molar-refractivity contribution in [1.82, 2.24) is 10.6 Å². The van der Waals surface area contributed by atoms with E-state index in [9.17, 15) is 18.4 Å². The minimum atomic E-state index is -0.342. The van der Waals surface area contributed by atoms with Crippen LogP contribution in [0.1, 0.15) is 5.56 Å². The summed E-state index contributed by atoms with van der Waals surface area (Å²) in [6, 6.07) is 11.6. The molecule has 0 bridgehead atoms. The molecular weight excluding hydrogens is 346 g/mol. The van der Waals surface area contributed by atoms with Gasteiger partial charge in [-0.25, -0.2) is 8.78 Å². The second-order valence-corrected chi connectivity index (χ2v) is 6.29. The number of benzene rings is 2. The van der Waals surface area contributed by atoms with Gasteiger partial charge in [0, 0.05) is 18.0 Å². The summed E-state index contributed by atoms with van der Waals surface area (Å²) < 4.78 is 25.5. The molecule has 0 aliphatic carbocycles. The summed E-state index contributed by atoms with van der Waals surface area (Å²) in [5.74, 6) is -0.797. The topological polar surface area (TPSA) is 58.2 Å². The molecule has 0 heterocycles. The summed E-state index contributed by atoms with van der Waals surface area (Å²) in [7, 11) is 0. The fraction of sp³-hybridized carbons (Fsp3) is 0.222. The van der Waals surface area contributed by atoms with Gasteiger partial charge in [0.25, 0.3) is 0 Å². The molecular formula is C18H18F2N2O2S. The zero-order valence-electron chi connectivity index (χ0n) is 13.4. The lowest BCUT2D eigenvalue weighted by molar-refractivity contribution is -0.121. The molecule has 0 saturated heterocycles. The Morgan fingerprint density at radius 3 is 1.92 bits per heavy atom. The molecule has 2 rings (SSSR count). The zero-order chi connectivity index (χ0) is 18.1. The molecule has 7 heteroatoms. The van der Waals surface area contributed by atoms with Crippen LogP contribution in [-0.2, 0) is 16.0 Å². The number of carbonyl (C=O) groups is 2. The van der Waals surface area contributed by atoms with Crippen LogP contribution in [-0.4, -0.2) is 30.7 Å². The maximum Gasteiger partial charge on any atom is 0.230 e. The van der Waals surface area contributed by atoms with Gasteiger partial charge in [0.15, 0.2) is 0 Å². The van der Waals surface area contributed by atoms with Gasteiger partial charge in [-0.1, -0.05) is 12.1 Å². The van der Waals surface area contributed by atoms with Crippen molar-refractivity contribution in [2.24, 2.45) is 0 Å². The maximum absolute atomic E-state index is 12.8. The highest BCUT2D eigenvalue weighted by Crippen LogP contribution is 2.17. The molecule has 2 aromatic carbocycles. The van der Waals surface area contributed by atoms with E-state index >= 15 is 0 Å². The van der Waals surface area contributed by atoms with Gasteiger partial charge >= 0.3 is 0 Å². The minimum absolute atomic E-state index is 0.161. The van der Waals surface area contributed by atoms with Crippen molar-refractivity contribution in [3.05, 3.63) is 65.7 Å². The third-order valence-corrected chi connectivity index (χ3v) is 4.24. The summed E-state index contributed by atoms with van der Waals surface area (Å²) >= 11 is 1.31. The van der Waals surface area contributed by atoms with Crippen molar-refractivity contribution in [2.75, 3.05) is 18.8 Å². The van der Waals surface area contributed by atoms with Crippen LogP contribution in [0.4, 0.5) is 8.78 Å². The van der Waals surface area contributed by atoms with Crippen molar-refractivity contribution >= 4 is 23.6 Å². The summed E-state index contributed by atoms with van der Waals surface area (Å²) in [4.78, 5) is 24.2. The molecule has 2 amide bonds. The normalized spacial score (nSPS) is 10.3. The quantitative estimate of drug-likeness (QED) is 0.559. The lowest BCUT2D eigenvalue weighted by Crippen LogP contribution is -2.36. The first kappa shape index (κ1) is 18.9. The maximum atomic E-state index is 12.8. The Morgan fingerprint density at radius 1 is 0.800 bits per heavy atom. The Labute approximate surface area is 149 Å². The van der Waals surface area contributed by atoms with E-state index in [2.05, 4.69) is 10.6 Å². The number of carbonyl (C=O) groups excluding carboxylic acids is 2. The molecule has 0 aliphatic heterocycles. The van der Waals surface area contributed by atoms with E-state index in [0.717, 1.165) is 10.5 Å². The number of nitrogens with one attached hydrogen (secondary N) is 2. The predicted octanol–water partition coefficient (Wildman–Crippen LogP) is 2.53. The highest BCUT2D eigenvalue weighted by Gasteiger charge is 2.05. The Kier molecular flexibility index (Phi) is 7.40. The first-order valence-corrected chi connectivity index (χ1v) is 8.68. The van der Waals surface area contributed by atoms with E-state index in [0.29, 0.717) is 13.1 Å². The van der Waals surface area contributed by atoms with Gasteiger partial charge < -0.3 is 10.6 Å². The van der Waals surface area contributed by atoms with Crippen molar-refractivity contribution in [2.45, 2.75) is 11.3 Å². The zero-order valence-corrected chi connectivity index (χ0v) is 14.2. The summed E-state index contributed by atoms with van der Waals surface area (Å²) in [6.45, 7) is 0.630. The SMILES string of the molecule is O=C(CSc1ccc(F)cc1)NCCNC(=O)Cc1ccc(F)cc1. The smallest absolute Gasteiger partial charge is 0.230 e. The van der Waals surface area contributed by atoms with Crippen LogP contribution >= 0.6 is 11.8 Å². The van der Waals surface area contributed by atoms with Gasteiger partial charge in [0.1, 0.15) is 11.6 Å². The summed E-state index contributed by atoms with van der Waals surface area (Å²) in [6.07, 6.45) is 0.161. The average molecular weight is 364 g/mol. The van der Waals surface area contributed by atoms with Crippen molar-refractivity contribution in [1.29, 1.82) is 0 Å². The fourth-order valence-electron chi connectivity index (χ4n) is 1.98. The van der Waals surface area contributed by atoms with Gasteiger partial charge in [0.2, 0.25) is 11.8 Å². The number of halogens is 2. The average Bonchev–Trinajstić information content (AvgIpc) is 2.60. The number of amides is 2. The number of hydrogen-bond acceptors (Lipinski definition) is 3. The van der Waals surface area contributed by atoms with Gasteiger partial charge in [-0.05, 0) is 42.0 Å². The van der Waals surface area contributed by atoms with Gasteiger partial charge in [-0.3, -0.25) is 9.59 Å². The molecule has 0 saturated carbocycles. The Morgan fingerprint density at radius 2 is 1.32 bits per heavy atom. The van der Waals surface area contributed by atoms with Crippen LogP contribution in [0.25, 0.3) is 0 Å². The van der Waals surface area contributed by atoms with Crippen LogP contribution in [0.15, 0.2) is 53.4 Å². The van der Waals surface area contributed by atoms with Crippen molar-refractivity contribution < 1.29 is 18.4 Å². The van der Waals surface area contributed by atoms with Gasteiger partial charge in [0.05, 0.1) is 12.2 Å². The van der Waals surface area contributed by atoms with Crippen LogP contribution in [0.3, 0.4) is 0 Å². The van der Waals surface area contributed by atoms with E-state index in [1.807, 2.05) is 0 Å². The Bertz CT molecular complexity index is 706. The third kappa shape index (κ3) is 7.34. The van der Waals surface area contributed by atoms with Crippen LogP contribution in [0.5, 0.6) is 0 Å². The molecule has 0 aromatic heterocycles. The third-order valence-electron chi connectivity index (χ3n) is 3.23. The van der Waals surface area contributed by atoms with Gasteiger partial charge in [-0.15, -0.1) is 11.8 Å². The molecule has 0 radical (unpaired) electrons. The molecule has 0 spiro atoms. The van der Waals surface area contributed by atoms with E-state index in [1.54, 1.807) is 24.3 Å². The first-order valence-electron chi connectivity index (χ1n) is 7.69. The molecule has 2 aromatic rings. The second-order valence-electron chi connectivity index (χ2n) is 5.25. The lowest BCUT2D eigenvalue weighted by atomic mass is 10.1. The molecule has 0 unspecified atom stereocenters. The number of hydrogen-bond donors (Lipinski definition) is 2. The predicted molar refractivity (Wildman–Crippen MR) is 93.2 cm³/mol. The number of rotatable bonds is 8. The van der Waals surface area contributed by atoms with Crippen LogP contribution < -0.4 is 10.6 Å². The second kappa shape index (κ2) is 9.78. The summed E-state index contributed by atoms with van der Waals surface area (Å²) in [5, 5.41) is 5.38. The molecule has 0 fully saturated rings. The molecule has 25 heavy (non-hydrogen) atoms. The van der Waals surface area contributed by atoms with E-state index in [4.69, 9.17) is 0 Å². The Hall–Kier alpha value is -2.41. The highest BCUT2D eigenvalue weighted by atomic mass is 32.2. The van der Waals surface area contributed by atoms with E-state index in [1.165, 1.54) is 36.0 Å². The molecule has 0 atom stereocenters. The molecule has 4 nitrogen and oxygen atoms in total. The minimum Gasteiger partial charge on any atom is -0.354 e. The van der Waals surface area contributed by atoms with Crippen molar-refractivity contribution in [3.63, 3.8) is 0 Å². The first-order chi connectivity index (χ1) is 12.0. The van der Waals surface area contributed by atoms with E-state index in [-0.39, 0.29) is 35.6 Å². The standard InChI is InChI=1S/C18H18F2N2O2S/c19-14-3-1-13(2-4-14)11-17(23)21-9-10-22-18(24)12-25-16-7-5-15(20)6-8-16/h1-8H,9-12H2,(H,21,23)(H,22,24). The van der Waals surface area contributed by atoms with Crippen molar-refractivity contribution in [3.8, 4) is 0 Å². The Balaban J connectivity index is 1.58. The molecule has 2 N–H and O–H groups in total. The van der Waals surface area contributed by atoms with E-state index < -0.39 is 0 Å².